The number of fused-ring (bicyclic) bond motifs is 1. The molecule has 0 saturated carbocycles. The lowest BCUT2D eigenvalue weighted by molar-refractivity contribution is -0.123. The zero-order valence-corrected chi connectivity index (χ0v) is 15.0. The number of hydrogen-bond acceptors (Lipinski definition) is 7. The first-order chi connectivity index (χ1) is 13.6. The topological polar surface area (TPSA) is 104 Å². The predicted molar refractivity (Wildman–Crippen MR) is 99.7 cm³/mol. The van der Waals surface area contributed by atoms with E-state index in [4.69, 9.17) is 4.74 Å². The lowest BCUT2D eigenvalue weighted by Gasteiger charge is -2.20. The van der Waals surface area contributed by atoms with Gasteiger partial charge in [0.1, 0.15) is 12.3 Å². The summed E-state index contributed by atoms with van der Waals surface area (Å²) in [5, 5.41) is 11.8. The molecule has 3 amide bonds. The second kappa shape index (κ2) is 7.10. The highest BCUT2D eigenvalue weighted by molar-refractivity contribution is 6.25. The minimum atomic E-state index is -0.929. The normalized spacial score (nSPS) is 20.5. The van der Waals surface area contributed by atoms with Crippen LogP contribution >= 0.6 is 0 Å². The zero-order chi connectivity index (χ0) is 19.7. The van der Waals surface area contributed by atoms with E-state index in [-0.39, 0.29) is 12.5 Å². The van der Waals surface area contributed by atoms with Crippen molar-refractivity contribution in [3.05, 3.63) is 54.6 Å². The molecule has 2 aromatic carbocycles. The fourth-order valence-corrected chi connectivity index (χ4v) is 3.21. The van der Waals surface area contributed by atoms with Crippen molar-refractivity contribution in [3.63, 3.8) is 0 Å². The third-order valence-electron chi connectivity index (χ3n) is 4.55. The number of para-hydroxylation sites is 1. The highest BCUT2D eigenvalue weighted by Crippen LogP contribution is 2.31. The van der Waals surface area contributed by atoms with Gasteiger partial charge in [-0.15, -0.1) is 0 Å². The summed E-state index contributed by atoms with van der Waals surface area (Å²) in [6.45, 7) is -0.196. The molecule has 1 fully saturated rings. The number of imide groups is 1. The first-order valence-corrected chi connectivity index (χ1v) is 8.62. The number of amides is 3. The van der Waals surface area contributed by atoms with Gasteiger partial charge in [-0.05, 0) is 36.4 Å². The molecule has 0 spiro atoms. The Kier molecular flexibility index (Phi) is 4.48. The predicted octanol–water partition coefficient (Wildman–Crippen LogP) is 1.63. The zero-order valence-electron chi connectivity index (χ0n) is 15.0. The summed E-state index contributed by atoms with van der Waals surface area (Å²) < 4.78 is 5.08. The second-order valence-corrected chi connectivity index (χ2v) is 6.32. The molecule has 1 N–H and O–H groups in total. The maximum Gasteiger partial charge on any atom is 0.263 e. The van der Waals surface area contributed by atoms with Crippen molar-refractivity contribution < 1.29 is 19.1 Å². The fourth-order valence-electron chi connectivity index (χ4n) is 3.21. The van der Waals surface area contributed by atoms with Crippen molar-refractivity contribution in [1.29, 1.82) is 0 Å². The third-order valence-corrected chi connectivity index (χ3v) is 4.55. The maximum absolute atomic E-state index is 12.8. The number of nitrogens with zero attached hydrogens (tertiary/aromatic N) is 4. The number of carbonyl (C=O) groups excluding carboxylic acids is 3. The minimum absolute atomic E-state index is 0.196. The Morgan fingerprint density at radius 3 is 2.46 bits per heavy atom. The van der Waals surface area contributed by atoms with E-state index in [0.29, 0.717) is 17.1 Å². The Balaban J connectivity index is 1.45. The Bertz CT molecular complexity index is 945. The molecule has 0 bridgehead atoms. The Hall–Kier alpha value is -3.75. The van der Waals surface area contributed by atoms with Crippen molar-refractivity contribution in [3.8, 4) is 5.75 Å². The van der Waals surface area contributed by atoms with Gasteiger partial charge in [0.15, 0.2) is 12.1 Å². The van der Waals surface area contributed by atoms with Crippen LogP contribution in [0.25, 0.3) is 0 Å². The van der Waals surface area contributed by atoms with E-state index in [2.05, 4.69) is 15.7 Å². The molecule has 1 saturated heterocycles. The van der Waals surface area contributed by atoms with Crippen LogP contribution in [0.2, 0.25) is 0 Å². The Labute approximate surface area is 160 Å². The van der Waals surface area contributed by atoms with Crippen LogP contribution in [0.1, 0.15) is 0 Å². The molecular weight excluding hydrogens is 362 g/mol. The van der Waals surface area contributed by atoms with Crippen LogP contribution < -0.4 is 15.0 Å². The number of rotatable bonds is 5. The smallest absolute Gasteiger partial charge is 0.263 e. The van der Waals surface area contributed by atoms with Gasteiger partial charge in [0.25, 0.3) is 11.8 Å². The molecule has 4 rings (SSSR count). The van der Waals surface area contributed by atoms with Crippen molar-refractivity contribution in [2.75, 3.05) is 23.9 Å². The van der Waals surface area contributed by atoms with Gasteiger partial charge in [-0.2, -0.15) is 5.11 Å². The van der Waals surface area contributed by atoms with Crippen molar-refractivity contribution >= 4 is 29.1 Å². The largest absolute Gasteiger partial charge is 0.497 e. The first kappa shape index (κ1) is 17.7. The average Bonchev–Trinajstić information content (AvgIpc) is 3.23. The van der Waals surface area contributed by atoms with E-state index in [1.54, 1.807) is 61.7 Å². The standard InChI is InChI=1S/C19H17N5O4/c1-28-14-9-7-12(8-10-14)20-15(25)11-23-17-16(21-22-23)18(26)24(19(17)27)13-5-3-2-4-6-13/h2-10,16-17H,11H2,1H3,(H,20,25)/t16-,17-/m1/s1. The van der Waals surface area contributed by atoms with E-state index < -0.39 is 23.9 Å². The van der Waals surface area contributed by atoms with Crippen LogP contribution in [0.5, 0.6) is 5.75 Å². The number of nitrogens with one attached hydrogen (secondary N) is 1. The molecule has 2 aliphatic rings. The van der Waals surface area contributed by atoms with E-state index in [1.807, 2.05) is 0 Å². The molecular formula is C19H17N5O4. The second-order valence-electron chi connectivity index (χ2n) is 6.32. The van der Waals surface area contributed by atoms with Gasteiger partial charge in [0.2, 0.25) is 5.91 Å². The minimum Gasteiger partial charge on any atom is -0.497 e. The molecule has 28 heavy (non-hydrogen) atoms. The third kappa shape index (κ3) is 3.07. The van der Waals surface area contributed by atoms with Gasteiger partial charge < -0.3 is 10.1 Å². The Morgan fingerprint density at radius 1 is 1.07 bits per heavy atom. The molecule has 0 aliphatic carbocycles. The van der Waals surface area contributed by atoms with Gasteiger partial charge in [-0.25, -0.2) is 4.90 Å². The van der Waals surface area contributed by atoms with E-state index in [1.165, 1.54) is 5.01 Å². The number of benzene rings is 2. The van der Waals surface area contributed by atoms with Gasteiger partial charge in [-0.1, -0.05) is 23.4 Å². The molecule has 2 heterocycles. The van der Waals surface area contributed by atoms with Gasteiger partial charge >= 0.3 is 0 Å². The first-order valence-electron chi connectivity index (χ1n) is 8.62. The lowest BCUT2D eigenvalue weighted by atomic mass is 10.1. The quantitative estimate of drug-likeness (QED) is 0.795. The summed E-state index contributed by atoms with van der Waals surface area (Å²) in [7, 11) is 1.56. The van der Waals surface area contributed by atoms with Crippen molar-refractivity contribution in [2.24, 2.45) is 10.3 Å². The number of carbonyl (C=O) groups is 3. The summed E-state index contributed by atoms with van der Waals surface area (Å²) in [4.78, 5) is 38.9. The van der Waals surface area contributed by atoms with Gasteiger partial charge in [0, 0.05) is 5.69 Å². The number of methoxy groups -OCH3 is 1. The number of hydrogen-bond donors (Lipinski definition) is 1. The van der Waals surface area contributed by atoms with Crippen LogP contribution in [0.4, 0.5) is 11.4 Å². The number of ether oxygens (including phenoxy) is 1. The molecule has 2 aliphatic heterocycles. The molecule has 2 atom stereocenters. The number of anilines is 2. The SMILES string of the molecule is COc1ccc(NC(=O)CN2N=N[C@H]3C(=O)N(c4ccccc4)C(=O)[C@@H]32)cc1. The van der Waals surface area contributed by atoms with Crippen LogP contribution in [0.15, 0.2) is 64.9 Å². The highest BCUT2D eigenvalue weighted by Gasteiger charge is 2.55. The van der Waals surface area contributed by atoms with Crippen LogP contribution in [-0.2, 0) is 14.4 Å². The van der Waals surface area contributed by atoms with E-state index >= 15 is 0 Å². The van der Waals surface area contributed by atoms with Crippen molar-refractivity contribution in [2.45, 2.75) is 12.1 Å². The molecule has 0 unspecified atom stereocenters. The van der Waals surface area contributed by atoms with Crippen LogP contribution in [0, 0.1) is 0 Å². The van der Waals surface area contributed by atoms with E-state index in [0.717, 1.165) is 4.90 Å². The molecule has 9 nitrogen and oxygen atoms in total. The molecule has 2 aromatic rings. The summed E-state index contributed by atoms with van der Waals surface area (Å²) >= 11 is 0. The van der Waals surface area contributed by atoms with Crippen LogP contribution in [0.3, 0.4) is 0 Å². The summed E-state index contributed by atoms with van der Waals surface area (Å²) in [6, 6.07) is 13.6. The molecule has 0 aromatic heterocycles. The van der Waals surface area contributed by atoms with E-state index in [9.17, 15) is 14.4 Å². The summed E-state index contributed by atoms with van der Waals surface area (Å²) in [5.74, 6) is -0.583. The van der Waals surface area contributed by atoms with Crippen LogP contribution in [-0.4, -0.2) is 48.5 Å². The Morgan fingerprint density at radius 2 is 1.79 bits per heavy atom. The average molecular weight is 379 g/mol. The summed E-state index contributed by atoms with van der Waals surface area (Å²) in [5.41, 5.74) is 1.06. The molecule has 0 radical (unpaired) electrons. The molecule has 9 heteroatoms. The molecule has 142 valence electrons. The van der Waals surface area contributed by atoms with Crippen molar-refractivity contribution in [1.82, 2.24) is 5.01 Å². The highest BCUT2D eigenvalue weighted by atomic mass is 16.5. The fraction of sp³-hybridized carbons (Fsp3) is 0.211. The van der Waals surface area contributed by atoms with Gasteiger partial charge in [-0.3, -0.25) is 19.4 Å². The van der Waals surface area contributed by atoms with Gasteiger partial charge in [0.05, 0.1) is 12.8 Å². The lowest BCUT2D eigenvalue weighted by Crippen LogP contribution is -2.43. The monoisotopic (exact) mass is 379 g/mol. The maximum atomic E-state index is 12.8. The summed E-state index contributed by atoms with van der Waals surface area (Å²) in [6.07, 6.45) is 0.